The summed E-state index contributed by atoms with van der Waals surface area (Å²) in [4.78, 5) is 4.33. The SMILES string of the molecule is CC1=CCCCC(c2nc(C)no2)CC1. The van der Waals surface area contributed by atoms with Crippen LogP contribution in [0.1, 0.15) is 56.7 Å². The van der Waals surface area contributed by atoms with Crippen LogP contribution in [0.25, 0.3) is 0 Å². The van der Waals surface area contributed by atoms with Crippen molar-refractivity contribution in [1.29, 1.82) is 0 Å². The molecule has 3 heteroatoms. The monoisotopic (exact) mass is 206 g/mol. The summed E-state index contributed by atoms with van der Waals surface area (Å²) in [6.45, 7) is 4.09. The maximum absolute atomic E-state index is 5.25. The van der Waals surface area contributed by atoms with Crippen molar-refractivity contribution in [2.24, 2.45) is 0 Å². The molecular weight excluding hydrogens is 188 g/mol. The summed E-state index contributed by atoms with van der Waals surface area (Å²) in [5.74, 6) is 2.05. The average Bonchev–Trinajstić information content (AvgIpc) is 2.59. The number of aryl methyl sites for hydroxylation is 1. The van der Waals surface area contributed by atoms with Crippen LogP contribution in [0.5, 0.6) is 0 Å². The minimum Gasteiger partial charge on any atom is -0.339 e. The predicted octanol–water partition coefficient (Wildman–Crippen LogP) is 3.37. The largest absolute Gasteiger partial charge is 0.339 e. The highest BCUT2D eigenvalue weighted by Crippen LogP contribution is 2.29. The van der Waals surface area contributed by atoms with E-state index in [4.69, 9.17) is 4.52 Å². The van der Waals surface area contributed by atoms with Gasteiger partial charge in [-0.1, -0.05) is 16.8 Å². The lowest BCUT2D eigenvalue weighted by Crippen LogP contribution is -2.02. The van der Waals surface area contributed by atoms with Crippen LogP contribution < -0.4 is 0 Å². The zero-order valence-electron chi connectivity index (χ0n) is 9.49. The first kappa shape index (κ1) is 10.4. The maximum Gasteiger partial charge on any atom is 0.229 e. The van der Waals surface area contributed by atoms with Gasteiger partial charge in [-0.3, -0.25) is 0 Å². The van der Waals surface area contributed by atoms with Gasteiger partial charge in [0.05, 0.1) is 0 Å². The third kappa shape index (κ3) is 2.67. The molecule has 0 radical (unpaired) electrons. The van der Waals surface area contributed by atoms with Crippen LogP contribution in [0.15, 0.2) is 16.2 Å². The van der Waals surface area contributed by atoms with Crippen LogP contribution in [0.4, 0.5) is 0 Å². The zero-order chi connectivity index (χ0) is 10.7. The van der Waals surface area contributed by atoms with Gasteiger partial charge >= 0.3 is 0 Å². The minimum absolute atomic E-state index is 0.467. The van der Waals surface area contributed by atoms with Gasteiger partial charge in [0.1, 0.15) is 0 Å². The summed E-state index contributed by atoms with van der Waals surface area (Å²) >= 11 is 0. The summed E-state index contributed by atoms with van der Waals surface area (Å²) in [6, 6.07) is 0. The molecule has 0 amide bonds. The van der Waals surface area contributed by atoms with Crippen molar-refractivity contribution >= 4 is 0 Å². The topological polar surface area (TPSA) is 38.9 Å². The molecule has 1 atom stereocenters. The van der Waals surface area contributed by atoms with Gasteiger partial charge in [0.2, 0.25) is 5.89 Å². The zero-order valence-corrected chi connectivity index (χ0v) is 9.49. The van der Waals surface area contributed by atoms with E-state index in [-0.39, 0.29) is 0 Å². The predicted molar refractivity (Wildman–Crippen MR) is 58.6 cm³/mol. The third-order valence-corrected chi connectivity index (χ3v) is 3.03. The Bertz CT molecular complexity index is 354. The number of rotatable bonds is 1. The Hall–Kier alpha value is -1.12. The van der Waals surface area contributed by atoms with Gasteiger partial charge in [-0.15, -0.1) is 0 Å². The fraction of sp³-hybridized carbons (Fsp3) is 0.667. The van der Waals surface area contributed by atoms with Gasteiger partial charge in [-0.2, -0.15) is 4.98 Å². The van der Waals surface area contributed by atoms with Gasteiger partial charge in [0, 0.05) is 5.92 Å². The Kier molecular flexibility index (Phi) is 3.19. The Morgan fingerprint density at radius 3 is 2.93 bits per heavy atom. The molecule has 0 aliphatic heterocycles. The Morgan fingerprint density at radius 1 is 1.33 bits per heavy atom. The first-order chi connectivity index (χ1) is 7.25. The highest BCUT2D eigenvalue weighted by atomic mass is 16.5. The Labute approximate surface area is 90.6 Å². The minimum atomic E-state index is 0.467. The number of hydrogen-bond acceptors (Lipinski definition) is 3. The van der Waals surface area contributed by atoms with Gasteiger partial charge in [0.15, 0.2) is 5.82 Å². The molecule has 1 heterocycles. The lowest BCUT2D eigenvalue weighted by atomic mass is 9.91. The molecular formula is C12H18N2O. The molecule has 3 nitrogen and oxygen atoms in total. The van der Waals surface area contributed by atoms with Crippen LogP contribution in [0.3, 0.4) is 0 Å². The summed E-state index contributed by atoms with van der Waals surface area (Å²) in [7, 11) is 0. The fourth-order valence-corrected chi connectivity index (χ4v) is 2.09. The van der Waals surface area contributed by atoms with Gasteiger partial charge in [0.25, 0.3) is 0 Å². The Morgan fingerprint density at radius 2 is 2.20 bits per heavy atom. The van der Waals surface area contributed by atoms with E-state index in [1.165, 1.54) is 24.8 Å². The van der Waals surface area contributed by atoms with Crippen molar-refractivity contribution in [3.8, 4) is 0 Å². The number of hydrogen-bond donors (Lipinski definition) is 0. The molecule has 0 N–H and O–H groups in total. The second-order valence-electron chi connectivity index (χ2n) is 4.40. The van der Waals surface area contributed by atoms with Crippen LogP contribution in [-0.2, 0) is 0 Å². The normalized spacial score (nSPS) is 23.1. The average molecular weight is 206 g/mol. The maximum atomic E-state index is 5.25. The molecule has 0 saturated carbocycles. The second kappa shape index (κ2) is 4.60. The molecule has 1 aromatic rings. The molecule has 1 aromatic heterocycles. The van der Waals surface area contributed by atoms with Crippen molar-refractivity contribution < 1.29 is 4.52 Å². The molecule has 0 aromatic carbocycles. The van der Waals surface area contributed by atoms with E-state index >= 15 is 0 Å². The lowest BCUT2D eigenvalue weighted by molar-refractivity contribution is 0.333. The molecule has 1 aliphatic carbocycles. The van der Waals surface area contributed by atoms with E-state index in [1.54, 1.807) is 0 Å². The van der Waals surface area contributed by atoms with Gasteiger partial charge < -0.3 is 4.52 Å². The van der Waals surface area contributed by atoms with Crippen LogP contribution >= 0.6 is 0 Å². The van der Waals surface area contributed by atoms with E-state index in [1.807, 2.05) is 6.92 Å². The molecule has 2 rings (SSSR count). The quantitative estimate of drug-likeness (QED) is 0.661. The van der Waals surface area contributed by atoms with Gasteiger partial charge in [-0.05, 0) is 46.0 Å². The summed E-state index contributed by atoms with van der Waals surface area (Å²) in [5.41, 5.74) is 1.50. The van der Waals surface area contributed by atoms with Crippen LogP contribution in [0, 0.1) is 6.92 Å². The molecule has 82 valence electrons. The molecule has 1 aliphatic rings. The van der Waals surface area contributed by atoms with Crippen molar-refractivity contribution in [2.45, 2.75) is 51.9 Å². The first-order valence-electron chi connectivity index (χ1n) is 5.71. The molecule has 0 spiro atoms. The molecule has 1 unspecified atom stereocenters. The van der Waals surface area contributed by atoms with Crippen LogP contribution in [-0.4, -0.2) is 10.1 Å². The standard InChI is InChI=1S/C12H18N2O/c1-9-5-3-4-6-11(8-7-9)12-13-10(2)14-15-12/h5,11H,3-4,6-8H2,1-2H3. The number of allylic oxidation sites excluding steroid dienone is 2. The van der Waals surface area contributed by atoms with Crippen LogP contribution in [0.2, 0.25) is 0 Å². The molecule has 0 saturated heterocycles. The fourth-order valence-electron chi connectivity index (χ4n) is 2.09. The summed E-state index contributed by atoms with van der Waals surface area (Å²) in [5, 5.41) is 3.86. The summed E-state index contributed by atoms with van der Waals surface area (Å²) in [6.07, 6.45) is 8.25. The van der Waals surface area contributed by atoms with Crippen molar-refractivity contribution in [2.75, 3.05) is 0 Å². The number of nitrogens with zero attached hydrogens (tertiary/aromatic N) is 2. The molecule has 0 fully saturated rings. The van der Waals surface area contributed by atoms with E-state index in [2.05, 4.69) is 23.1 Å². The third-order valence-electron chi connectivity index (χ3n) is 3.03. The van der Waals surface area contributed by atoms with E-state index in [9.17, 15) is 0 Å². The highest BCUT2D eigenvalue weighted by Gasteiger charge is 2.18. The highest BCUT2D eigenvalue weighted by molar-refractivity contribution is 5.03. The number of aromatic nitrogens is 2. The smallest absolute Gasteiger partial charge is 0.229 e. The Balaban J connectivity index is 2.06. The van der Waals surface area contributed by atoms with E-state index in [0.29, 0.717) is 5.92 Å². The van der Waals surface area contributed by atoms with Crippen molar-refractivity contribution in [1.82, 2.24) is 10.1 Å². The lowest BCUT2D eigenvalue weighted by Gasteiger charge is -2.15. The molecule has 15 heavy (non-hydrogen) atoms. The van der Waals surface area contributed by atoms with E-state index < -0.39 is 0 Å². The van der Waals surface area contributed by atoms with E-state index in [0.717, 1.165) is 24.6 Å². The van der Waals surface area contributed by atoms with Gasteiger partial charge in [-0.25, -0.2) is 0 Å². The summed E-state index contributed by atoms with van der Waals surface area (Å²) < 4.78 is 5.25. The molecule has 0 bridgehead atoms. The first-order valence-corrected chi connectivity index (χ1v) is 5.71. The second-order valence-corrected chi connectivity index (χ2v) is 4.40. The van der Waals surface area contributed by atoms with Crippen molar-refractivity contribution in [3.05, 3.63) is 23.4 Å². The van der Waals surface area contributed by atoms with Crippen molar-refractivity contribution in [3.63, 3.8) is 0 Å².